The van der Waals surface area contributed by atoms with Gasteiger partial charge in [-0.3, -0.25) is 0 Å². The fraction of sp³-hybridized carbons (Fsp3) is 0.170. The summed E-state index contributed by atoms with van der Waals surface area (Å²) in [5.74, 6) is 0. The fourth-order valence-corrected chi connectivity index (χ4v) is 10.8. The first-order valence-electron chi connectivity index (χ1n) is 20.3. The van der Waals surface area contributed by atoms with Crippen LogP contribution < -0.4 is 10.6 Å². The molecule has 0 aliphatic carbocycles. The highest BCUT2D eigenvalue weighted by Crippen LogP contribution is 2.42. The number of nitrogens with zero attached hydrogens (tertiary/aromatic N) is 2. The molecule has 0 saturated carbocycles. The fourth-order valence-electron chi connectivity index (χ4n) is 9.84. The predicted molar refractivity (Wildman–Crippen MR) is 262 cm³/mol. The van der Waals surface area contributed by atoms with Crippen LogP contribution in [0, 0.1) is 62.3 Å². The van der Waals surface area contributed by atoms with Crippen LogP contribution in [0.5, 0.6) is 0 Å². The van der Waals surface area contributed by atoms with Gasteiger partial charge < -0.3 is 9.97 Å². The van der Waals surface area contributed by atoms with Crippen LogP contribution in [0.15, 0.2) is 78.9 Å². The number of fused-ring (bicyclic) bond motifs is 8. The molecule has 292 valence electrons. The van der Waals surface area contributed by atoms with Crippen molar-refractivity contribution in [1.29, 1.82) is 0 Å². The minimum Gasteiger partial charge on any atom is -0.354 e. The summed E-state index contributed by atoms with van der Waals surface area (Å²) in [7, 11) is 5.78. The summed E-state index contributed by atoms with van der Waals surface area (Å²) in [6, 6.07) is 29.2. The Hall–Kier alpha value is -5.66. The molecule has 59 heavy (non-hydrogen) atoms. The number of aryl methyl sites for hydroxylation is 9. The monoisotopic (exact) mass is 804 g/mol. The lowest BCUT2D eigenvalue weighted by molar-refractivity contribution is 1.27. The van der Waals surface area contributed by atoms with Crippen molar-refractivity contribution in [2.45, 2.75) is 62.3 Å². The van der Waals surface area contributed by atoms with Crippen LogP contribution >= 0.6 is 18.5 Å². The van der Waals surface area contributed by atoms with Crippen molar-refractivity contribution in [3.05, 3.63) is 152 Å². The van der Waals surface area contributed by atoms with Gasteiger partial charge in [0.15, 0.2) is 0 Å². The van der Waals surface area contributed by atoms with Crippen molar-refractivity contribution in [2.75, 3.05) is 0 Å². The lowest BCUT2D eigenvalue weighted by atomic mass is 9.92. The maximum atomic E-state index is 5.61. The molecule has 4 nitrogen and oxygen atoms in total. The van der Waals surface area contributed by atoms with Gasteiger partial charge in [-0.05, 0) is 195 Å². The van der Waals surface area contributed by atoms with Crippen LogP contribution in [0.1, 0.15) is 72.8 Å². The molecule has 8 bridgehead atoms. The zero-order valence-electron chi connectivity index (χ0n) is 35.4. The van der Waals surface area contributed by atoms with Gasteiger partial charge >= 0.3 is 0 Å². The second-order valence-corrected chi connectivity index (χ2v) is 18.0. The van der Waals surface area contributed by atoms with Gasteiger partial charge in [-0.25, -0.2) is 9.97 Å². The van der Waals surface area contributed by atoms with Crippen molar-refractivity contribution in [3.8, 4) is 44.5 Å². The highest BCUT2D eigenvalue weighted by atomic mass is 31.0. The summed E-state index contributed by atoms with van der Waals surface area (Å²) in [5.41, 5.74) is 27.7. The third-order valence-corrected chi connectivity index (χ3v) is 12.5. The summed E-state index contributed by atoms with van der Waals surface area (Å²) in [5, 5.41) is 2.22. The Morgan fingerprint density at radius 1 is 0.339 bits per heavy atom. The zero-order valence-corrected chi connectivity index (χ0v) is 37.7. The largest absolute Gasteiger partial charge is 0.354 e. The summed E-state index contributed by atoms with van der Waals surface area (Å²) in [6.07, 6.45) is 8.79. The maximum absolute atomic E-state index is 5.61. The predicted octanol–water partition coefficient (Wildman–Crippen LogP) is 13.1. The SMILES string of the molecule is Cc1cc(C)c(-c2c3nc(c(-c4c(C)cc(C)cc4C)c4ccc([nH]4)c(-c4c(C)cc(C)cc4C)c4nc(c(-c5cc(P)cc(P)c5)c5ccc2[nH]5)C=C4)C=C3)c(C)c1. The Balaban J connectivity index is 1.53. The molecular formula is C53H50N4P2. The molecule has 0 saturated heterocycles. The molecule has 5 heterocycles. The third-order valence-electron chi connectivity index (χ3n) is 11.8. The molecule has 0 amide bonds. The maximum Gasteiger partial charge on any atom is 0.0737 e. The van der Waals surface area contributed by atoms with Gasteiger partial charge in [0.05, 0.1) is 22.8 Å². The lowest BCUT2D eigenvalue weighted by Crippen LogP contribution is -2.02. The van der Waals surface area contributed by atoms with E-state index in [4.69, 9.17) is 9.97 Å². The van der Waals surface area contributed by atoms with E-state index < -0.39 is 0 Å². The highest BCUT2D eigenvalue weighted by Gasteiger charge is 2.22. The average Bonchev–Trinajstić information content (AvgIpc) is 3.98. The number of H-pyrrole nitrogens is 2. The molecule has 6 heteroatoms. The van der Waals surface area contributed by atoms with Gasteiger partial charge in [-0.2, -0.15) is 0 Å². The van der Waals surface area contributed by atoms with Crippen LogP contribution in [0.2, 0.25) is 0 Å². The Bertz CT molecular complexity index is 3030. The highest BCUT2D eigenvalue weighted by molar-refractivity contribution is 7.29. The summed E-state index contributed by atoms with van der Waals surface area (Å²) in [4.78, 5) is 19.1. The van der Waals surface area contributed by atoms with E-state index in [-0.39, 0.29) is 0 Å². The quantitative estimate of drug-likeness (QED) is 0.174. The minimum absolute atomic E-state index is 0.906. The molecular weight excluding hydrogens is 755 g/mol. The molecule has 2 N–H and O–H groups in total. The van der Waals surface area contributed by atoms with Gasteiger partial charge in [-0.15, -0.1) is 18.5 Å². The standard InChI is InChI=1S/C53H50N4P2/c1-27-18-30(4)47(31(5)19-27)51-41-12-10-39(54-41)50(36-24-37(58)26-38(59)25-36)40-11-13-42(55-40)52(48-32(6)20-28(2)21-33(48)7)44-15-17-46(57-44)53(45-16-14-43(51)56-45)49-34(8)22-29(3)23-35(49)9/h10-26,54,57H,58-59H2,1-9H3. The summed E-state index contributed by atoms with van der Waals surface area (Å²) in [6.45, 7) is 19.8. The molecule has 2 aliphatic rings. The van der Waals surface area contributed by atoms with Gasteiger partial charge in [0, 0.05) is 44.3 Å². The number of hydrogen-bond acceptors (Lipinski definition) is 2. The van der Waals surface area contributed by atoms with Crippen LogP contribution in [-0.4, -0.2) is 19.9 Å². The van der Waals surface area contributed by atoms with E-state index in [1.807, 2.05) is 0 Å². The Morgan fingerprint density at radius 2 is 0.610 bits per heavy atom. The molecule has 4 aromatic carbocycles. The van der Waals surface area contributed by atoms with E-state index >= 15 is 0 Å². The molecule has 2 atom stereocenters. The Kier molecular flexibility index (Phi) is 9.78. The molecule has 0 fully saturated rings. The molecule has 3 aromatic heterocycles. The Labute approximate surface area is 352 Å². The molecule has 7 aromatic rings. The zero-order chi connectivity index (χ0) is 41.4. The van der Waals surface area contributed by atoms with E-state index in [2.05, 4.69) is 194 Å². The van der Waals surface area contributed by atoms with Gasteiger partial charge in [0.25, 0.3) is 0 Å². The van der Waals surface area contributed by atoms with Crippen LogP contribution in [0.3, 0.4) is 0 Å². The van der Waals surface area contributed by atoms with Crippen molar-refractivity contribution < 1.29 is 0 Å². The van der Waals surface area contributed by atoms with E-state index in [9.17, 15) is 0 Å². The van der Waals surface area contributed by atoms with Crippen molar-refractivity contribution in [2.24, 2.45) is 0 Å². The Morgan fingerprint density at radius 3 is 0.915 bits per heavy atom. The lowest BCUT2D eigenvalue weighted by Gasteiger charge is -2.14. The minimum atomic E-state index is 0.906. The van der Waals surface area contributed by atoms with Crippen molar-refractivity contribution >= 4 is 75.5 Å². The molecule has 2 aliphatic heterocycles. The first-order chi connectivity index (χ1) is 28.2. The van der Waals surface area contributed by atoms with Gasteiger partial charge in [0.1, 0.15) is 0 Å². The van der Waals surface area contributed by atoms with Crippen LogP contribution in [-0.2, 0) is 0 Å². The van der Waals surface area contributed by atoms with Crippen LogP contribution in [0.25, 0.3) is 90.9 Å². The van der Waals surface area contributed by atoms with Crippen LogP contribution in [0.4, 0.5) is 0 Å². The first kappa shape index (κ1) is 38.8. The van der Waals surface area contributed by atoms with E-state index in [1.54, 1.807) is 0 Å². The number of nitrogens with one attached hydrogen (secondary N) is 2. The topological polar surface area (TPSA) is 57.4 Å². The molecule has 2 unspecified atom stereocenters. The van der Waals surface area contributed by atoms with Gasteiger partial charge in [-0.1, -0.05) is 53.1 Å². The molecule has 9 rings (SSSR count). The smallest absolute Gasteiger partial charge is 0.0737 e. The van der Waals surface area contributed by atoms with E-state index in [0.29, 0.717) is 0 Å². The van der Waals surface area contributed by atoms with Crippen molar-refractivity contribution in [1.82, 2.24) is 19.9 Å². The van der Waals surface area contributed by atoms with Gasteiger partial charge in [0.2, 0.25) is 0 Å². The van der Waals surface area contributed by atoms with E-state index in [0.717, 1.165) is 83.3 Å². The molecule has 0 radical (unpaired) electrons. The number of benzene rings is 4. The average molecular weight is 805 g/mol. The number of hydrogen-bond donors (Lipinski definition) is 2. The second-order valence-electron chi connectivity index (χ2n) is 16.7. The normalized spacial score (nSPS) is 12.2. The first-order valence-corrected chi connectivity index (χ1v) is 21.5. The summed E-state index contributed by atoms with van der Waals surface area (Å²) < 4.78 is 0. The molecule has 0 spiro atoms. The number of rotatable bonds is 4. The number of aromatic amines is 2. The third kappa shape index (κ3) is 6.93. The summed E-state index contributed by atoms with van der Waals surface area (Å²) >= 11 is 0. The second kappa shape index (κ2) is 14.9. The van der Waals surface area contributed by atoms with E-state index in [1.165, 1.54) is 66.8 Å². The van der Waals surface area contributed by atoms with Crippen molar-refractivity contribution in [3.63, 3.8) is 0 Å². The number of aromatic nitrogens is 4.